The zero-order valence-corrected chi connectivity index (χ0v) is 8.82. The van der Waals surface area contributed by atoms with Crippen LogP contribution in [-0.2, 0) is 9.53 Å². The summed E-state index contributed by atoms with van der Waals surface area (Å²) in [6, 6.07) is 0. The van der Waals surface area contributed by atoms with Crippen molar-refractivity contribution in [2.45, 2.75) is 38.5 Å². The average molecular weight is 206 g/mol. The summed E-state index contributed by atoms with van der Waals surface area (Å²) in [7, 11) is 0. The van der Waals surface area contributed by atoms with Gasteiger partial charge in [-0.1, -0.05) is 0 Å². The second-order valence-corrected chi connectivity index (χ2v) is 4.87. The molecule has 1 rings (SSSR count). The van der Waals surface area contributed by atoms with Gasteiger partial charge in [0.2, 0.25) is 5.67 Å². The Hall–Kier alpha value is -0.250. The van der Waals surface area contributed by atoms with Crippen molar-refractivity contribution in [3.05, 3.63) is 0 Å². The number of esters is 1. The largest absolute Gasteiger partial charge is 0.459 e. The van der Waals surface area contributed by atoms with Gasteiger partial charge < -0.3 is 4.74 Å². The van der Waals surface area contributed by atoms with Crippen LogP contribution in [0.4, 0.5) is 4.39 Å². The van der Waals surface area contributed by atoms with Gasteiger partial charge in [0.05, 0.1) is 0 Å². The summed E-state index contributed by atoms with van der Waals surface area (Å²) < 4.78 is 18.1. The number of carbonyl (C=O) groups is 1. The average Bonchev–Trinajstić information content (AvgIpc) is 2.04. The van der Waals surface area contributed by atoms with Crippen LogP contribution in [0.5, 0.6) is 0 Å². The lowest BCUT2D eigenvalue weighted by Gasteiger charge is -2.24. The molecule has 0 aromatic heterocycles. The summed E-state index contributed by atoms with van der Waals surface area (Å²) in [5.74, 6) is 1.19. The fourth-order valence-electron chi connectivity index (χ4n) is 1.10. The molecule has 1 fully saturated rings. The molecular weight excluding hydrogens is 191 g/mol. The highest BCUT2D eigenvalue weighted by Crippen LogP contribution is 2.22. The van der Waals surface area contributed by atoms with Crippen LogP contribution in [0.1, 0.15) is 26.7 Å². The molecule has 0 spiro atoms. The first-order chi connectivity index (χ1) is 6.00. The first-order valence-electron chi connectivity index (χ1n) is 4.48. The molecule has 1 heterocycles. The van der Waals surface area contributed by atoms with E-state index >= 15 is 0 Å². The SMILES string of the molecule is CC(C)(F)C(=O)OC1CCCSC1. The Bertz CT molecular complexity index is 183. The highest BCUT2D eigenvalue weighted by molar-refractivity contribution is 7.99. The first-order valence-corrected chi connectivity index (χ1v) is 5.63. The van der Waals surface area contributed by atoms with E-state index in [1.807, 2.05) is 0 Å². The number of carbonyl (C=O) groups excluding carboxylic acids is 1. The molecule has 1 aliphatic heterocycles. The van der Waals surface area contributed by atoms with Crippen LogP contribution in [0.3, 0.4) is 0 Å². The smallest absolute Gasteiger partial charge is 0.343 e. The van der Waals surface area contributed by atoms with E-state index in [1.54, 1.807) is 11.8 Å². The van der Waals surface area contributed by atoms with E-state index in [-0.39, 0.29) is 6.10 Å². The normalized spacial score (nSPS) is 24.1. The van der Waals surface area contributed by atoms with Crippen molar-refractivity contribution in [3.8, 4) is 0 Å². The summed E-state index contributed by atoms with van der Waals surface area (Å²) in [4.78, 5) is 11.1. The predicted octanol–water partition coefficient (Wildman–Crippen LogP) is 2.17. The highest BCUT2D eigenvalue weighted by atomic mass is 32.2. The van der Waals surface area contributed by atoms with E-state index in [0.717, 1.165) is 24.3 Å². The molecule has 0 aliphatic carbocycles. The van der Waals surface area contributed by atoms with Gasteiger partial charge in [-0.15, -0.1) is 0 Å². The molecule has 1 unspecified atom stereocenters. The van der Waals surface area contributed by atoms with Crippen molar-refractivity contribution in [1.29, 1.82) is 0 Å². The summed E-state index contributed by atoms with van der Waals surface area (Å²) in [6.45, 7) is 2.45. The van der Waals surface area contributed by atoms with Crippen LogP contribution in [0.15, 0.2) is 0 Å². The molecule has 0 N–H and O–H groups in total. The number of alkyl halides is 1. The van der Waals surface area contributed by atoms with Crippen LogP contribution in [0.25, 0.3) is 0 Å². The third-order valence-electron chi connectivity index (χ3n) is 1.88. The summed E-state index contributed by atoms with van der Waals surface area (Å²) in [6.07, 6.45) is 1.84. The Labute approximate surface area is 82.2 Å². The van der Waals surface area contributed by atoms with Crippen molar-refractivity contribution in [3.63, 3.8) is 0 Å². The van der Waals surface area contributed by atoms with Crippen LogP contribution in [0.2, 0.25) is 0 Å². The molecule has 0 saturated carbocycles. The van der Waals surface area contributed by atoms with Crippen LogP contribution in [-0.4, -0.2) is 29.2 Å². The van der Waals surface area contributed by atoms with Gasteiger partial charge in [0.25, 0.3) is 0 Å². The summed E-state index contributed by atoms with van der Waals surface area (Å²) >= 11 is 1.76. The molecule has 1 atom stereocenters. The fourth-order valence-corrected chi connectivity index (χ4v) is 2.13. The monoisotopic (exact) mass is 206 g/mol. The zero-order chi connectivity index (χ0) is 9.90. The van der Waals surface area contributed by atoms with Gasteiger partial charge in [0.15, 0.2) is 0 Å². The lowest BCUT2D eigenvalue weighted by atomic mass is 10.1. The van der Waals surface area contributed by atoms with Gasteiger partial charge in [-0.2, -0.15) is 11.8 Å². The van der Waals surface area contributed by atoms with E-state index in [4.69, 9.17) is 4.74 Å². The third-order valence-corrected chi connectivity index (χ3v) is 3.06. The summed E-state index contributed by atoms with van der Waals surface area (Å²) in [5, 5.41) is 0. The molecule has 2 nitrogen and oxygen atoms in total. The molecule has 0 amide bonds. The Morgan fingerprint density at radius 2 is 2.31 bits per heavy atom. The Balaban J connectivity index is 2.35. The molecule has 76 valence electrons. The lowest BCUT2D eigenvalue weighted by molar-refractivity contribution is -0.160. The van der Waals surface area contributed by atoms with Crippen molar-refractivity contribution < 1.29 is 13.9 Å². The van der Waals surface area contributed by atoms with Gasteiger partial charge in [-0.05, 0) is 32.4 Å². The van der Waals surface area contributed by atoms with E-state index in [2.05, 4.69) is 0 Å². The van der Waals surface area contributed by atoms with Crippen molar-refractivity contribution in [2.24, 2.45) is 0 Å². The van der Waals surface area contributed by atoms with Crippen molar-refractivity contribution in [1.82, 2.24) is 0 Å². The minimum absolute atomic E-state index is 0.0822. The van der Waals surface area contributed by atoms with Crippen molar-refractivity contribution >= 4 is 17.7 Å². The highest BCUT2D eigenvalue weighted by Gasteiger charge is 2.31. The maximum absolute atomic E-state index is 13.1. The third kappa shape index (κ3) is 3.55. The molecule has 0 aromatic carbocycles. The van der Waals surface area contributed by atoms with E-state index in [1.165, 1.54) is 13.8 Å². The maximum atomic E-state index is 13.1. The standard InChI is InChI=1S/C9H15FO2S/c1-9(2,10)8(11)12-7-4-3-5-13-6-7/h7H,3-6H2,1-2H3. The van der Waals surface area contributed by atoms with E-state index < -0.39 is 11.6 Å². The second-order valence-electron chi connectivity index (χ2n) is 3.72. The Morgan fingerprint density at radius 3 is 2.77 bits per heavy atom. The second kappa shape index (κ2) is 4.31. The fraction of sp³-hybridized carbons (Fsp3) is 0.889. The number of hydrogen-bond donors (Lipinski definition) is 0. The quantitative estimate of drug-likeness (QED) is 0.648. The lowest BCUT2D eigenvalue weighted by Crippen LogP contribution is -2.34. The van der Waals surface area contributed by atoms with Crippen molar-refractivity contribution in [2.75, 3.05) is 11.5 Å². The molecular formula is C9H15FO2S. The first kappa shape index (κ1) is 10.8. The minimum Gasteiger partial charge on any atom is -0.459 e. The predicted molar refractivity (Wildman–Crippen MR) is 51.6 cm³/mol. The molecule has 0 bridgehead atoms. The molecule has 1 saturated heterocycles. The number of ether oxygens (including phenoxy) is 1. The number of hydrogen-bond acceptors (Lipinski definition) is 3. The van der Waals surface area contributed by atoms with E-state index in [0.29, 0.717) is 0 Å². The molecule has 0 radical (unpaired) electrons. The molecule has 4 heteroatoms. The molecule has 1 aliphatic rings. The number of thioether (sulfide) groups is 1. The van der Waals surface area contributed by atoms with E-state index in [9.17, 15) is 9.18 Å². The van der Waals surface area contributed by atoms with Gasteiger partial charge in [0.1, 0.15) is 6.10 Å². The number of rotatable bonds is 2. The maximum Gasteiger partial charge on any atom is 0.343 e. The van der Waals surface area contributed by atoms with Gasteiger partial charge in [-0.3, -0.25) is 0 Å². The van der Waals surface area contributed by atoms with Gasteiger partial charge >= 0.3 is 5.97 Å². The van der Waals surface area contributed by atoms with Gasteiger partial charge in [-0.25, -0.2) is 9.18 Å². The topological polar surface area (TPSA) is 26.3 Å². The van der Waals surface area contributed by atoms with Gasteiger partial charge in [0, 0.05) is 5.75 Å². The molecule has 13 heavy (non-hydrogen) atoms. The molecule has 0 aromatic rings. The Morgan fingerprint density at radius 1 is 1.62 bits per heavy atom. The zero-order valence-electron chi connectivity index (χ0n) is 8.01. The van der Waals surface area contributed by atoms with Crippen LogP contribution in [0, 0.1) is 0 Å². The summed E-state index contributed by atoms with van der Waals surface area (Å²) in [5.41, 5.74) is -1.86. The van der Waals surface area contributed by atoms with Crippen LogP contribution < -0.4 is 0 Å². The van der Waals surface area contributed by atoms with Crippen LogP contribution >= 0.6 is 11.8 Å². The number of halogens is 1. The minimum atomic E-state index is -1.86. The Kier molecular flexibility index (Phi) is 3.59.